The Balaban J connectivity index is 1.51. The number of halogens is 1. The number of nitro benzene ring substituents is 1. The third-order valence-electron chi connectivity index (χ3n) is 3.64. The van der Waals surface area contributed by atoms with E-state index in [1.807, 2.05) is 30.3 Å². The second kappa shape index (κ2) is 9.86. The number of hydrogen-bond acceptors (Lipinski definition) is 8. The van der Waals surface area contributed by atoms with Gasteiger partial charge in [-0.25, -0.2) is 4.98 Å². The molecule has 0 aliphatic carbocycles. The summed E-state index contributed by atoms with van der Waals surface area (Å²) in [5.74, 6) is 0.776. The molecule has 3 aromatic rings. The lowest BCUT2D eigenvalue weighted by molar-refractivity contribution is -0.384. The highest BCUT2D eigenvalue weighted by Crippen LogP contribution is 2.22. The van der Waals surface area contributed by atoms with Crippen molar-refractivity contribution in [3.8, 4) is 11.8 Å². The summed E-state index contributed by atoms with van der Waals surface area (Å²) in [4.78, 5) is 26.6. The zero-order chi connectivity index (χ0) is 21.5. The van der Waals surface area contributed by atoms with Crippen LogP contribution >= 0.6 is 27.7 Å². The Kier molecular flexibility index (Phi) is 6.99. The van der Waals surface area contributed by atoms with Crippen molar-refractivity contribution in [1.29, 1.82) is 5.26 Å². The Bertz CT molecular complexity index is 1110. The van der Waals surface area contributed by atoms with E-state index < -0.39 is 10.8 Å². The molecule has 1 heterocycles. The van der Waals surface area contributed by atoms with Crippen LogP contribution in [0.2, 0.25) is 0 Å². The molecule has 0 unspecified atom stereocenters. The van der Waals surface area contributed by atoms with Gasteiger partial charge in [-0.05, 0) is 30.3 Å². The fourth-order valence-electron chi connectivity index (χ4n) is 2.25. The van der Waals surface area contributed by atoms with E-state index in [9.17, 15) is 14.9 Å². The van der Waals surface area contributed by atoms with Crippen LogP contribution in [0.3, 0.4) is 0 Å². The van der Waals surface area contributed by atoms with Gasteiger partial charge in [0.1, 0.15) is 18.4 Å². The van der Waals surface area contributed by atoms with Crippen LogP contribution in [-0.2, 0) is 11.4 Å². The number of H-pyrrole nitrogens is 1. The van der Waals surface area contributed by atoms with Crippen molar-refractivity contribution in [3.63, 3.8) is 0 Å². The molecule has 0 spiro atoms. The van der Waals surface area contributed by atoms with E-state index in [1.165, 1.54) is 12.1 Å². The number of ether oxygens (including phenoxy) is 1. The van der Waals surface area contributed by atoms with Crippen LogP contribution in [0.25, 0.3) is 0 Å². The number of amides is 1. The average molecular weight is 489 g/mol. The monoisotopic (exact) mass is 488 g/mol. The standard InChI is InChI=1S/C18H13BrN6O4S/c19-12-1-4-14(5-2-12)29-9-16-22-18(24-23-16)30-10-17(26)21-15-6-3-13(25(27)28)7-11(15)8-20/h1-7H,9-10H2,(H,21,26)(H,22,23,24). The number of non-ortho nitro benzene ring substituents is 1. The summed E-state index contributed by atoms with van der Waals surface area (Å²) in [5.41, 5.74) is -0.0161. The van der Waals surface area contributed by atoms with Crippen molar-refractivity contribution in [3.05, 3.63) is 68.4 Å². The number of nitrogens with zero attached hydrogens (tertiary/aromatic N) is 4. The van der Waals surface area contributed by atoms with Gasteiger partial charge in [0, 0.05) is 16.6 Å². The minimum absolute atomic E-state index is 0.00722. The maximum absolute atomic E-state index is 12.1. The molecule has 0 aliphatic rings. The van der Waals surface area contributed by atoms with E-state index in [0.29, 0.717) is 16.7 Å². The highest BCUT2D eigenvalue weighted by atomic mass is 79.9. The van der Waals surface area contributed by atoms with Gasteiger partial charge in [-0.1, -0.05) is 27.7 Å². The van der Waals surface area contributed by atoms with E-state index in [4.69, 9.17) is 10.00 Å². The molecule has 1 aromatic heterocycles. The fraction of sp³-hybridized carbons (Fsp3) is 0.111. The molecule has 10 nitrogen and oxygen atoms in total. The quantitative estimate of drug-likeness (QED) is 0.277. The topological polar surface area (TPSA) is 147 Å². The molecule has 0 saturated carbocycles. The Labute approximate surface area is 182 Å². The first-order valence-electron chi connectivity index (χ1n) is 8.35. The number of rotatable bonds is 8. The van der Waals surface area contributed by atoms with Crippen molar-refractivity contribution < 1.29 is 14.5 Å². The largest absolute Gasteiger partial charge is 0.486 e. The van der Waals surface area contributed by atoms with Crippen LogP contribution in [0.15, 0.2) is 52.1 Å². The van der Waals surface area contributed by atoms with Gasteiger partial charge in [0.15, 0.2) is 5.82 Å². The van der Waals surface area contributed by atoms with E-state index in [1.54, 1.807) is 0 Å². The molecule has 2 aromatic carbocycles. The third-order valence-corrected chi connectivity index (χ3v) is 5.02. The number of hydrogen-bond donors (Lipinski definition) is 2. The fourth-order valence-corrected chi connectivity index (χ4v) is 3.13. The first-order valence-corrected chi connectivity index (χ1v) is 10.1. The van der Waals surface area contributed by atoms with E-state index in [2.05, 4.69) is 36.4 Å². The average Bonchev–Trinajstić information content (AvgIpc) is 3.20. The predicted octanol–water partition coefficient (Wildman–Crippen LogP) is 3.66. The van der Waals surface area contributed by atoms with Gasteiger partial charge in [-0.2, -0.15) is 5.26 Å². The number of nitriles is 1. The van der Waals surface area contributed by atoms with Gasteiger partial charge in [-0.3, -0.25) is 20.0 Å². The van der Waals surface area contributed by atoms with E-state index >= 15 is 0 Å². The first-order chi connectivity index (χ1) is 14.4. The molecule has 0 saturated heterocycles. The number of carbonyl (C=O) groups is 1. The van der Waals surface area contributed by atoms with Crippen LogP contribution in [-0.4, -0.2) is 31.8 Å². The Morgan fingerprint density at radius 1 is 1.33 bits per heavy atom. The number of aromatic amines is 1. The van der Waals surface area contributed by atoms with E-state index in [-0.39, 0.29) is 29.3 Å². The lowest BCUT2D eigenvalue weighted by Crippen LogP contribution is -2.15. The SMILES string of the molecule is N#Cc1cc([N+](=O)[O-])ccc1NC(=O)CSc1n[nH]c(COc2ccc(Br)cc2)n1. The normalized spacial score (nSPS) is 10.3. The van der Waals surface area contributed by atoms with Crippen LogP contribution in [0.4, 0.5) is 11.4 Å². The van der Waals surface area contributed by atoms with Crippen LogP contribution in [0, 0.1) is 21.4 Å². The minimum atomic E-state index is -0.608. The summed E-state index contributed by atoms with van der Waals surface area (Å²) in [5, 5.41) is 29.6. The summed E-state index contributed by atoms with van der Waals surface area (Å²) >= 11 is 4.44. The molecule has 30 heavy (non-hydrogen) atoms. The molecule has 0 atom stereocenters. The number of thioether (sulfide) groups is 1. The molecule has 0 aliphatic heterocycles. The second-order valence-electron chi connectivity index (χ2n) is 5.74. The van der Waals surface area contributed by atoms with Gasteiger partial charge >= 0.3 is 0 Å². The number of aromatic nitrogens is 3. The van der Waals surface area contributed by atoms with Crippen LogP contribution < -0.4 is 10.1 Å². The highest BCUT2D eigenvalue weighted by Gasteiger charge is 2.14. The number of nitrogens with one attached hydrogen (secondary N) is 2. The van der Waals surface area contributed by atoms with Gasteiger partial charge in [0.2, 0.25) is 11.1 Å². The summed E-state index contributed by atoms with van der Waals surface area (Å²) in [6, 6.07) is 12.8. The van der Waals surface area contributed by atoms with Crippen molar-refractivity contribution in [2.24, 2.45) is 0 Å². The number of nitro groups is 1. The first kappa shape index (κ1) is 21.3. The van der Waals surface area contributed by atoms with Crippen molar-refractivity contribution in [1.82, 2.24) is 15.2 Å². The second-order valence-corrected chi connectivity index (χ2v) is 7.60. The van der Waals surface area contributed by atoms with E-state index in [0.717, 1.165) is 22.3 Å². The van der Waals surface area contributed by atoms with Crippen LogP contribution in [0.5, 0.6) is 5.75 Å². The van der Waals surface area contributed by atoms with Gasteiger partial charge < -0.3 is 10.1 Å². The lowest BCUT2D eigenvalue weighted by atomic mass is 10.1. The number of benzene rings is 2. The molecule has 0 fully saturated rings. The molecule has 1 amide bonds. The minimum Gasteiger partial charge on any atom is -0.486 e. The number of anilines is 1. The van der Waals surface area contributed by atoms with Crippen LogP contribution in [0.1, 0.15) is 11.4 Å². The third kappa shape index (κ3) is 5.79. The summed E-state index contributed by atoms with van der Waals surface area (Å²) in [6.07, 6.45) is 0. The predicted molar refractivity (Wildman–Crippen MR) is 112 cm³/mol. The lowest BCUT2D eigenvalue weighted by Gasteiger charge is -2.06. The summed E-state index contributed by atoms with van der Waals surface area (Å²) in [6.45, 7) is 0.190. The maximum atomic E-state index is 12.1. The Hall–Kier alpha value is -3.43. The van der Waals surface area contributed by atoms with Gasteiger partial charge in [0.25, 0.3) is 5.69 Å². The molecule has 0 radical (unpaired) electrons. The van der Waals surface area contributed by atoms with Crippen molar-refractivity contribution in [2.75, 3.05) is 11.1 Å². The maximum Gasteiger partial charge on any atom is 0.270 e. The molecular formula is C18H13BrN6O4S. The zero-order valence-electron chi connectivity index (χ0n) is 15.2. The summed E-state index contributed by atoms with van der Waals surface area (Å²) < 4.78 is 6.54. The Morgan fingerprint density at radius 2 is 2.10 bits per heavy atom. The zero-order valence-corrected chi connectivity index (χ0v) is 17.6. The highest BCUT2D eigenvalue weighted by molar-refractivity contribution is 9.10. The smallest absolute Gasteiger partial charge is 0.270 e. The van der Waals surface area contributed by atoms with Crippen molar-refractivity contribution in [2.45, 2.75) is 11.8 Å². The van der Waals surface area contributed by atoms with Crippen molar-refractivity contribution >= 4 is 45.0 Å². The molecular weight excluding hydrogens is 476 g/mol. The molecule has 12 heteroatoms. The number of carbonyl (C=O) groups excluding carboxylic acids is 1. The molecule has 2 N–H and O–H groups in total. The molecule has 3 rings (SSSR count). The molecule has 152 valence electrons. The molecule has 0 bridgehead atoms. The van der Waals surface area contributed by atoms with Gasteiger partial charge in [0.05, 0.1) is 21.9 Å². The van der Waals surface area contributed by atoms with Gasteiger partial charge in [-0.15, -0.1) is 5.10 Å². The Morgan fingerprint density at radius 3 is 2.80 bits per heavy atom. The summed E-state index contributed by atoms with van der Waals surface area (Å²) in [7, 11) is 0.